The fraction of sp³-hybridized carbons (Fsp3) is 0.600. The molecule has 0 radical (unpaired) electrons. The zero-order valence-corrected chi connectivity index (χ0v) is 16.6. The number of hydrogen-bond acceptors (Lipinski definition) is 5. The summed E-state index contributed by atoms with van der Waals surface area (Å²) >= 11 is 0. The van der Waals surface area contributed by atoms with Crippen molar-refractivity contribution in [3.8, 4) is 0 Å². The van der Waals surface area contributed by atoms with Gasteiger partial charge in [-0.25, -0.2) is 4.68 Å². The molecule has 1 aromatic carbocycles. The number of amides is 1. The van der Waals surface area contributed by atoms with Gasteiger partial charge in [0.1, 0.15) is 6.33 Å². The molecular weight excluding hydrogens is 397 g/mol. The number of tetrazole rings is 1. The molecular formula is C20H25F3N6O. The van der Waals surface area contributed by atoms with Crippen LogP contribution < -0.4 is 0 Å². The van der Waals surface area contributed by atoms with E-state index in [4.69, 9.17) is 0 Å². The second kappa shape index (κ2) is 8.71. The molecule has 2 fully saturated rings. The second-order valence-electron chi connectivity index (χ2n) is 8.06. The zero-order chi connectivity index (χ0) is 21.1. The molecule has 0 saturated carbocycles. The Labute approximate surface area is 172 Å². The summed E-state index contributed by atoms with van der Waals surface area (Å²) < 4.78 is 40.2. The summed E-state index contributed by atoms with van der Waals surface area (Å²) in [5, 5.41) is 11.4. The fourth-order valence-corrected chi connectivity index (χ4v) is 4.37. The van der Waals surface area contributed by atoms with Crippen LogP contribution in [0, 0.1) is 0 Å². The van der Waals surface area contributed by atoms with Crippen LogP contribution >= 0.6 is 0 Å². The maximum Gasteiger partial charge on any atom is 0.416 e. The van der Waals surface area contributed by atoms with Crippen LogP contribution in [0.1, 0.15) is 49.3 Å². The first-order chi connectivity index (χ1) is 14.4. The third-order valence-electron chi connectivity index (χ3n) is 5.99. The standard InChI is InChI=1S/C20H25F3N6O/c21-20(22,23)16-7-5-15(6-8-16)12-28-13-17(29-14-24-25-26-29)11-18(28)19(30)27-9-3-1-2-4-10-27/h5-8,14,17-18H,1-4,9-13H2/t17-,18+/m1/s1. The topological polar surface area (TPSA) is 67.2 Å². The van der Waals surface area contributed by atoms with Crippen LogP contribution in [0.25, 0.3) is 0 Å². The maximum absolute atomic E-state index is 13.3. The summed E-state index contributed by atoms with van der Waals surface area (Å²) in [6.07, 6.45) is 2.05. The Balaban J connectivity index is 1.52. The minimum atomic E-state index is -4.36. The molecule has 2 atom stereocenters. The molecule has 0 unspecified atom stereocenters. The van der Waals surface area contributed by atoms with Gasteiger partial charge < -0.3 is 4.90 Å². The minimum Gasteiger partial charge on any atom is -0.341 e. The highest BCUT2D eigenvalue weighted by Crippen LogP contribution is 2.32. The minimum absolute atomic E-state index is 0.0459. The highest BCUT2D eigenvalue weighted by Gasteiger charge is 2.40. The van der Waals surface area contributed by atoms with Crippen molar-refractivity contribution in [3.05, 3.63) is 41.7 Å². The number of benzene rings is 1. The molecule has 2 aromatic rings. The number of halogens is 3. The normalized spacial score (nSPS) is 23.5. The van der Waals surface area contributed by atoms with Gasteiger partial charge in [-0.1, -0.05) is 25.0 Å². The lowest BCUT2D eigenvalue weighted by atomic mass is 10.1. The Morgan fingerprint density at radius 3 is 2.37 bits per heavy atom. The van der Waals surface area contributed by atoms with Crippen molar-refractivity contribution in [1.29, 1.82) is 0 Å². The van der Waals surface area contributed by atoms with E-state index in [-0.39, 0.29) is 18.0 Å². The number of alkyl halides is 3. The van der Waals surface area contributed by atoms with Crippen molar-refractivity contribution in [2.75, 3.05) is 19.6 Å². The number of aromatic nitrogens is 4. The molecule has 10 heteroatoms. The molecule has 0 bridgehead atoms. The predicted molar refractivity (Wildman–Crippen MR) is 102 cm³/mol. The van der Waals surface area contributed by atoms with Gasteiger partial charge in [0, 0.05) is 26.2 Å². The summed E-state index contributed by atoms with van der Waals surface area (Å²) in [6.45, 7) is 2.50. The van der Waals surface area contributed by atoms with Gasteiger partial charge in [-0.15, -0.1) is 5.10 Å². The number of nitrogens with zero attached hydrogens (tertiary/aromatic N) is 6. The molecule has 7 nitrogen and oxygen atoms in total. The molecule has 3 heterocycles. The van der Waals surface area contributed by atoms with E-state index in [1.807, 2.05) is 9.80 Å². The summed E-state index contributed by atoms with van der Waals surface area (Å²) in [6, 6.07) is 4.78. The quantitative estimate of drug-likeness (QED) is 0.758. The molecule has 2 saturated heterocycles. The van der Waals surface area contributed by atoms with E-state index >= 15 is 0 Å². The lowest BCUT2D eigenvalue weighted by molar-refractivity contribution is -0.137. The lowest BCUT2D eigenvalue weighted by Gasteiger charge is -2.29. The SMILES string of the molecule is O=C([C@@H]1C[C@@H](n2cnnn2)CN1Cc1ccc(C(F)(F)F)cc1)N1CCCCCC1. The van der Waals surface area contributed by atoms with E-state index in [0.717, 1.165) is 56.5 Å². The summed E-state index contributed by atoms with van der Waals surface area (Å²) in [4.78, 5) is 17.3. The van der Waals surface area contributed by atoms with Crippen molar-refractivity contribution >= 4 is 5.91 Å². The largest absolute Gasteiger partial charge is 0.416 e. The Morgan fingerprint density at radius 2 is 1.77 bits per heavy atom. The van der Waals surface area contributed by atoms with E-state index in [0.29, 0.717) is 19.5 Å². The molecule has 30 heavy (non-hydrogen) atoms. The molecule has 0 N–H and O–H groups in total. The first kappa shape index (κ1) is 20.8. The first-order valence-electron chi connectivity index (χ1n) is 10.3. The molecule has 2 aliphatic heterocycles. The van der Waals surface area contributed by atoms with Gasteiger partial charge in [0.25, 0.3) is 0 Å². The predicted octanol–water partition coefficient (Wildman–Crippen LogP) is 2.91. The number of likely N-dealkylation sites (tertiary alicyclic amines) is 2. The van der Waals surface area contributed by atoms with E-state index in [1.165, 1.54) is 12.1 Å². The highest BCUT2D eigenvalue weighted by molar-refractivity contribution is 5.82. The molecule has 4 rings (SSSR count). The van der Waals surface area contributed by atoms with Crippen molar-refractivity contribution in [1.82, 2.24) is 30.0 Å². The van der Waals surface area contributed by atoms with Crippen molar-refractivity contribution in [2.24, 2.45) is 0 Å². The van der Waals surface area contributed by atoms with Crippen LogP contribution in [-0.2, 0) is 17.5 Å². The second-order valence-corrected chi connectivity index (χ2v) is 8.06. The van der Waals surface area contributed by atoms with Crippen LogP contribution in [0.3, 0.4) is 0 Å². The monoisotopic (exact) mass is 422 g/mol. The first-order valence-corrected chi connectivity index (χ1v) is 10.3. The average molecular weight is 422 g/mol. The van der Waals surface area contributed by atoms with E-state index in [1.54, 1.807) is 11.0 Å². The molecule has 0 aliphatic carbocycles. The molecule has 2 aliphatic rings. The lowest BCUT2D eigenvalue weighted by Crippen LogP contribution is -2.45. The highest BCUT2D eigenvalue weighted by atomic mass is 19.4. The van der Waals surface area contributed by atoms with Crippen molar-refractivity contribution < 1.29 is 18.0 Å². The van der Waals surface area contributed by atoms with Gasteiger partial charge in [-0.05, 0) is 47.4 Å². The smallest absolute Gasteiger partial charge is 0.341 e. The van der Waals surface area contributed by atoms with Crippen LogP contribution in [-0.4, -0.2) is 61.6 Å². The number of rotatable bonds is 4. The number of hydrogen-bond donors (Lipinski definition) is 0. The van der Waals surface area contributed by atoms with Crippen LogP contribution in [0.5, 0.6) is 0 Å². The van der Waals surface area contributed by atoms with E-state index in [2.05, 4.69) is 15.5 Å². The van der Waals surface area contributed by atoms with E-state index in [9.17, 15) is 18.0 Å². The van der Waals surface area contributed by atoms with Gasteiger partial charge in [-0.2, -0.15) is 13.2 Å². The van der Waals surface area contributed by atoms with Gasteiger partial charge in [0.15, 0.2) is 0 Å². The average Bonchev–Trinajstić information content (AvgIpc) is 3.31. The van der Waals surface area contributed by atoms with Gasteiger partial charge in [-0.3, -0.25) is 9.69 Å². The van der Waals surface area contributed by atoms with Crippen molar-refractivity contribution in [3.63, 3.8) is 0 Å². The molecule has 1 amide bonds. The third-order valence-corrected chi connectivity index (χ3v) is 5.99. The van der Waals surface area contributed by atoms with Crippen molar-refractivity contribution in [2.45, 2.75) is 56.9 Å². The zero-order valence-electron chi connectivity index (χ0n) is 16.6. The fourth-order valence-electron chi connectivity index (χ4n) is 4.37. The Hall–Kier alpha value is -2.49. The molecule has 162 valence electrons. The van der Waals surface area contributed by atoms with Gasteiger partial charge in [0.05, 0.1) is 17.6 Å². The molecule has 1 aromatic heterocycles. The van der Waals surface area contributed by atoms with Gasteiger partial charge >= 0.3 is 6.18 Å². The van der Waals surface area contributed by atoms with E-state index < -0.39 is 11.7 Å². The van der Waals surface area contributed by atoms with Crippen LogP contribution in [0.4, 0.5) is 13.2 Å². The summed E-state index contributed by atoms with van der Waals surface area (Å²) in [5.74, 6) is 0.0967. The summed E-state index contributed by atoms with van der Waals surface area (Å²) in [5.41, 5.74) is 0.0745. The maximum atomic E-state index is 13.3. The van der Waals surface area contributed by atoms with Gasteiger partial charge in [0.2, 0.25) is 5.91 Å². The number of carbonyl (C=O) groups is 1. The number of carbonyl (C=O) groups excluding carboxylic acids is 1. The Bertz CT molecular complexity index is 831. The van der Waals surface area contributed by atoms with Crippen LogP contribution in [0.15, 0.2) is 30.6 Å². The summed E-state index contributed by atoms with van der Waals surface area (Å²) in [7, 11) is 0. The molecule has 0 spiro atoms. The third kappa shape index (κ3) is 4.63. The Morgan fingerprint density at radius 1 is 1.07 bits per heavy atom. The van der Waals surface area contributed by atoms with Crippen LogP contribution in [0.2, 0.25) is 0 Å². The Kier molecular flexibility index (Phi) is 6.03.